The third-order valence-corrected chi connectivity index (χ3v) is 1.08. The lowest BCUT2D eigenvalue weighted by molar-refractivity contribution is 0.423. The lowest BCUT2D eigenvalue weighted by atomic mass is 9.96. The van der Waals surface area contributed by atoms with Gasteiger partial charge in [-0.05, 0) is 0 Å². The maximum absolute atomic E-state index is 5.66. The SMILES string of the molecule is CN(C)/N=C(\N)C(C)(C)C. The molecule has 0 spiro atoms. The molecule has 0 bridgehead atoms. The van der Waals surface area contributed by atoms with Crippen LogP contribution >= 0.6 is 0 Å². The highest BCUT2D eigenvalue weighted by Gasteiger charge is 2.15. The number of nitrogens with zero attached hydrogens (tertiary/aromatic N) is 2. The molecule has 0 heterocycles. The summed E-state index contributed by atoms with van der Waals surface area (Å²) < 4.78 is 0. The average Bonchev–Trinajstić information content (AvgIpc) is 1.60. The van der Waals surface area contributed by atoms with Gasteiger partial charge in [0, 0.05) is 19.5 Å². The van der Waals surface area contributed by atoms with Gasteiger partial charge in [0.25, 0.3) is 0 Å². The van der Waals surface area contributed by atoms with Crippen molar-refractivity contribution in [2.24, 2.45) is 16.3 Å². The minimum absolute atomic E-state index is 0.0235. The van der Waals surface area contributed by atoms with Crippen LogP contribution in [0, 0.1) is 5.41 Å². The molecule has 2 N–H and O–H groups in total. The summed E-state index contributed by atoms with van der Waals surface area (Å²) in [5.41, 5.74) is 5.64. The van der Waals surface area contributed by atoms with Crippen molar-refractivity contribution in [1.29, 1.82) is 0 Å². The van der Waals surface area contributed by atoms with Crippen LogP contribution in [0.4, 0.5) is 0 Å². The zero-order chi connectivity index (χ0) is 8.36. The Balaban J connectivity index is 4.20. The van der Waals surface area contributed by atoms with Crippen LogP contribution in [0.3, 0.4) is 0 Å². The lowest BCUT2D eigenvalue weighted by Gasteiger charge is -2.18. The predicted molar refractivity (Wildman–Crippen MR) is 44.8 cm³/mol. The number of rotatable bonds is 1. The summed E-state index contributed by atoms with van der Waals surface area (Å²) in [5.74, 6) is 0.664. The second-order valence-electron chi connectivity index (χ2n) is 3.58. The molecule has 0 atom stereocenters. The molecule has 60 valence electrons. The Labute approximate surface area is 62.9 Å². The summed E-state index contributed by atoms with van der Waals surface area (Å²) >= 11 is 0. The van der Waals surface area contributed by atoms with Crippen molar-refractivity contribution in [2.75, 3.05) is 14.1 Å². The Morgan fingerprint density at radius 3 is 1.80 bits per heavy atom. The number of nitrogens with two attached hydrogens (primary N) is 1. The van der Waals surface area contributed by atoms with E-state index in [1.807, 2.05) is 34.9 Å². The van der Waals surface area contributed by atoms with Crippen LogP contribution in [-0.4, -0.2) is 24.9 Å². The molecule has 0 radical (unpaired) electrons. The van der Waals surface area contributed by atoms with E-state index in [0.717, 1.165) is 0 Å². The summed E-state index contributed by atoms with van der Waals surface area (Å²) in [6, 6.07) is 0. The van der Waals surface area contributed by atoms with Gasteiger partial charge in [0.2, 0.25) is 0 Å². The third kappa shape index (κ3) is 3.33. The highest BCUT2D eigenvalue weighted by Crippen LogP contribution is 2.12. The Bertz CT molecular complexity index is 130. The van der Waals surface area contributed by atoms with Gasteiger partial charge in [0.05, 0.1) is 0 Å². The molecule has 0 aliphatic carbocycles. The molecule has 3 heteroatoms. The monoisotopic (exact) mass is 143 g/mol. The fourth-order valence-electron chi connectivity index (χ4n) is 0.365. The molecule has 0 fully saturated rings. The van der Waals surface area contributed by atoms with Crippen molar-refractivity contribution in [2.45, 2.75) is 20.8 Å². The number of hydrogen-bond donors (Lipinski definition) is 1. The third-order valence-electron chi connectivity index (χ3n) is 1.08. The van der Waals surface area contributed by atoms with Gasteiger partial charge in [-0.2, -0.15) is 5.10 Å². The van der Waals surface area contributed by atoms with Gasteiger partial charge in [-0.3, -0.25) is 0 Å². The Hall–Kier alpha value is -0.730. The lowest BCUT2D eigenvalue weighted by Crippen LogP contribution is -2.31. The van der Waals surface area contributed by atoms with Gasteiger partial charge in [0.15, 0.2) is 0 Å². The molecule has 0 unspecified atom stereocenters. The van der Waals surface area contributed by atoms with Gasteiger partial charge in [-0.1, -0.05) is 20.8 Å². The van der Waals surface area contributed by atoms with Crippen molar-refractivity contribution < 1.29 is 0 Å². The molecule has 0 rings (SSSR count). The fraction of sp³-hybridized carbons (Fsp3) is 0.857. The molecule has 0 aromatic heterocycles. The molecule has 0 aromatic carbocycles. The van der Waals surface area contributed by atoms with Gasteiger partial charge in [0.1, 0.15) is 5.84 Å². The number of hydrogen-bond acceptors (Lipinski definition) is 2. The van der Waals surface area contributed by atoms with Crippen LogP contribution < -0.4 is 5.73 Å². The fourth-order valence-corrected chi connectivity index (χ4v) is 0.365. The normalized spacial score (nSPS) is 13.5. The van der Waals surface area contributed by atoms with Gasteiger partial charge in [-0.25, -0.2) is 0 Å². The number of hydrazone groups is 1. The van der Waals surface area contributed by atoms with Gasteiger partial charge < -0.3 is 10.7 Å². The van der Waals surface area contributed by atoms with E-state index in [4.69, 9.17) is 5.73 Å². The van der Waals surface area contributed by atoms with E-state index < -0.39 is 0 Å². The molecular weight excluding hydrogens is 126 g/mol. The largest absolute Gasteiger partial charge is 0.385 e. The summed E-state index contributed by atoms with van der Waals surface area (Å²) in [7, 11) is 3.72. The maximum atomic E-state index is 5.66. The van der Waals surface area contributed by atoms with E-state index in [-0.39, 0.29) is 5.41 Å². The van der Waals surface area contributed by atoms with Crippen molar-refractivity contribution in [3.8, 4) is 0 Å². The topological polar surface area (TPSA) is 41.6 Å². The molecule has 10 heavy (non-hydrogen) atoms. The Morgan fingerprint density at radius 2 is 1.70 bits per heavy atom. The average molecular weight is 143 g/mol. The van der Waals surface area contributed by atoms with E-state index in [9.17, 15) is 0 Å². The van der Waals surface area contributed by atoms with Gasteiger partial charge >= 0.3 is 0 Å². The standard InChI is InChI=1S/C7H17N3/c1-7(2,3)6(8)9-10(4)5/h1-5H3,(H2,8,9). The molecule has 3 nitrogen and oxygen atoms in total. The molecule has 0 aromatic rings. The maximum Gasteiger partial charge on any atom is 0.125 e. The highest BCUT2D eigenvalue weighted by molar-refractivity contribution is 5.85. The minimum atomic E-state index is -0.0235. The van der Waals surface area contributed by atoms with Crippen molar-refractivity contribution in [1.82, 2.24) is 5.01 Å². The quantitative estimate of drug-likeness (QED) is 0.336. The van der Waals surface area contributed by atoms with E-state index in [1.165, 1.54) is 0 Å². The molecule has 0 aliphatic rings. The van der Waals surface area contributed by atoms with Crippen molar-refractivity contribution >= 4 is 5.84 Å². The van der Waals surface area contributed by atoms with Gasteiger partial charge in [-0.15, -0.1) is 0 Å². The van der Waals surface area contributed by atoms with Crippen LogP contribution in [0.5, 0.6) is 0 Å². The zero-order valence-electron chi connectivity index (χ0n) is 7.47. The molecule has 0 amide bonds. The van der Waals surface area contributed by atoms with Crippen LogP contribution in [0.1, 0.15) is 20.8 Å². The van der Waals surface area contributed by atoms with E-state index in [1.54, 1.807) is 5.01 Å². The number of amidine groups is 1. The molecule has 0 saturated carbocycles. The van der Waals surface area contributed by atoms with Crippen LogP contribution in [0.2, 0.25) is 0 Å². The van der Waals surface area contributed by atoms with Crippen molar-refractivity contribution in [3.05, 3.63) is 0 Å². The summed E-state index contributed by atoms with van der Waals surface area (Å²) in [4.78, 5) is 0. The molecule has 0 aliphatic heterocycles. The first-order valence-electron chi connectivity index (χ1n) is 3.36. The highest BCUT2D eigenvalue weighted by atomic mass is 15.4. The smallest absolute Gasteiger partial charge is 0.125 e. The van der Waals surface area contributed by atoms with Crippen LogP contribution in [-0.2, 0) is 0 Å². The second kappa shape index (κ2) is 2.90. The van der Waals surface area contributed by atoms with Crippen molar-refractivity contribution in [3.63, 3.8) is 0 Å². The summed E-state index contributed by atoms with van der Waals surface area (Å²) in [5, 5.41) is 5.79. The Kier molecular flexibility index (Phi) is 2.69. The van der Waals surface area contributed by atoms with Crippen LogP contribution in [0.15, 0.2) is 5.10 Å². The molecule has 0 saturated heterocycles. The van der Waals surface area contributed by atoms with E-state index in [0.29, 0.717) is 5.84 Å². The summed E-state index contributed by atoms with van der Waals surface area (Å²) in [6.07, 6.45) is 0. The molecular formula is C7H17N3. The zero-order valence-corrected chi connectivity index (χ0v) is 7.47. The van der Waals surface area contributed by atoms with E-state index in [2.05, 4.69) is 5.10 Å². The first-order chi connectivity index (χ1) is 4.34. The van der Waals surface area contributed by atoms with Crippen LogP contribution in [0.25, 0.3) is 0 Å². The first kappa shape index (κ1) is 9.27. The Morgan fingerprint density at radius 1 is 1.30 bits per heavy atom. The summed E-state index contributed by atoms with van der Waals surface area (Å²) in [6.45, 7) is 6.11. The second-order valence-corrected chi connectivity index (χ2v) is 3.58. The first-order valence-corrected chi connectivity index (χ1v) is 3.36. The minimum Gasteiger partial charge on any atom is -0.385 e. The van der Waals surface area contributed by atoms with E-state index >= 15 is 0 Å². The predicted octanol–water partition coefficient (Wildman–Crippen LogP) is 0.866.